The van der Waals surface area contributed by atoms with Crippen LogP contribution in [-0.4, -0.2) is 10.5 Å². The predicted octanol–water partition coefficient (Wildman–Crippen LogP) is 4.76. The zero-order valence-electron chi connectivity index (χ0n) is 13.7. The third-order valence-corrected chi connectivity index (χ3v) is 5.20. The van der Waals surface area contributed by atoms with Crippen molar-refractivity contribution in [3.8, 4) is 11.3 Å². The minimum Gasteiger partial charge on any atom is -0.319 e. The van der Waals surface area contributed by atoms with Gasteiger partial charge in [-0.25, -0.2) is 0 Å². The van der Waals surface area contributed by atoms with Crippen LogP contribution in [0.25, 0.3) is 11.3 Å². The Labute approximate surface area is 149 Å². The highest BCUT2D eigenvalue weighted by Crippen LogP contribution is 2.25. The van der Waals surface area contributed by atoms with E-state index >= 15 is 0 Å². The number of amides is 1. The normalized spacial score (nSPS) is 11.8. The molecule has 0 bridgehead atoms. The quantitative estimate of drug-likeness (QED) is 0.651. The molecule has 0 N–H and O–H groups in total. The molecule has 3 nitrogen and oxygen atoms in total. The van der Waals surface area contributed by atoms with Crippen molar-refractivity contribution >= 4 is 28.8 Å². The van der Waals surface area contributed by atoms with Crippen molar-refractivity contribution in [3.05, 3.63) is 74.4 Å². The number of carbonyl (C=O) groups is 1. The standard InChI is InChI=1S/C19H17ClN2OS/c1-12-8-10-14(11-9-12)17-13(2)24-19(22(17)3)21-18(23)15-6-4-5-7-16(15)20/h4-11H,1-3H3. The van der Waals surface area contributed by atoms with Crippen LogP contribution in [0.3, 0.4) is 0 Å². The zero-order chi connectivity index (χ0) is 17.3. The molecule has 3 rings (SSSR count). The topological polar surface area (TPSA) is 34.4 Å². The summed E-state index contributed by atoms with van der Waals surface area (Å²) in [5.41, 5.74) is 3.82. The Kier molecular flexibility index (Phi) is 4.69. The lowest BCUT2D eigenvalue weighted by Crippen LogP contribution is -2.14. The Morgan fingerprint density at radius 2 is 1.75 bits per heavy atom. The van der Waals surface area contributed by atoms with Gasteiger partial charge in [0, 0.05) is 11.9 Å². The lowest BCUT2D eigenvalue weighted by molar-refractivity contribution is 0.0998. The summed E-state index contributed by atoms with van der Waals surface area (Å²) in [6, 6.07) is 15.3. The summed E-state index contributed by atoms with van der Waals surface area (Å²) < 4.78 is 1.96. The van der Waals surface area contributed by atoms with Crippen LogP contribution in [0.5, 0.6) is 0 Å². The Morgan fingerprint density at radius 1 is 1.08 bits per heavy atom. The number of carbonyl (C=O) groups excluding carboxylic acids is 1. The van der Waals surface area contributed by atoms with Gasteiger partial charge in [0.1, 0.15) is 0 Å². The lowest BCUT2D eigenvalue weighted by Gasteiger charge is -2.05. The number of halogens is 1. The van der Waals surface area contributed by atoms with Crippen molar-refractivity contribution in [2.75, 3.05) is 0 Å². The van der Waals surface area contributed by atoms with Crippen LogP contribution in [0.15, 0.2) is 53.5 Å². The summed E-state index contributed by atoms with van der Waals surface area (Å²) in [5.74, 6) is -0.326. The fourth-order valence-electron chi connectivity index (χ4n) is 2.57. The van der Waals surface area contributed by atoms with Gasteiger partial charge in [-0.2, -0.15) is 4.99 Å². The van der Waals surface area contributed by atoms with Gasteiger partial charge in [-0.1, -0.05) is 53.6 Å². The molecule has 0 atom stereocenters. The molecule has 5 heteroatoms. The first kappa shape index (κ1) is 16.7. The van der Waals surface area contributed by atoms with Crippen molar-refractivity contribution < 1.29 is 4.79 Å². The molecule has 0 saturated carbocycles. The van der Waals surface area contributed by atoms with Crippen LogP contribution in [0.2, 0.25) is 5.02 Å². The monoisotopic (exact) mass is 356 g/mol. The van der Waals surface area contributed by atoms with E-state index in [1.165, 1.54) is 16.9 Å². The number of aryl methyl sites for hydroxylation is 2. The van der Waals surface area contributed by atoms with Gasteiger partial charge in [0.2, 0.25) is 0 Å². The fourth-order valence-corrected chi connectivity index (χ4v) is 3.77. The van der Waals surface area contributed by atoms with Gasteiger partial charge < -0.3 is 4.57 Å². The van der Waals surface area contributed by atoms with Crippen molar-refractivity contribution in [2.45, 2.75) is 13.8 Å². The van der Waals surface area contributed by atoms with E-state index in [4.69, 9.17) is 11.6 Å². The summed E-state index contributed by atoms with van der Waals surface area (Å²) in [4.78, 5) is 18.5. The van der Waals surface area contributed by atoms with Crippen molar-refractivity contribution in [2.24, 2.45) is 12.0 Å². The molecule has 0 aliphatic carbocycles. The molecule has 1 aromatic heterocycles. The maximum absolute atomic E-state index is 12.4. The Bertz CT molecular complexity index is 968. The van der Waals surface area contributed by atoms with E-state index in [1.54, 1.807) is 24.3 Å². The number of hydrogen-bond donors (Lipinski definition) is 0. The molecule has 1 amide bonds. The highest BCUT2D eigenvalue weighted by Gasteiger charge is 2.13. The van der Waals surface area contributed by atoms with Crippen molar-refractivity contribution in [3.63, 3.8) is 0 Å². The Morgan fingerprint density at radius 3 is 2.42 bits per heavy atom. The number of rotatable bonds is 2. The van der Waals surface area contributed by atoms with Gasteiger partial charge in [0.05, 0.1) is 16.3 Å². The molecule has 24 heavy (non-hydrogen) atoms. The van der Waals surface area contributed by atoms with E-state index in [0.717, 1.165) is 16.1 Å². The van der Waals surface area contributed by atoms with Crippen LogP contribution in [0, 0.1) is 13.8 Å². The fraction of sp³-hybridized carbons (Fsp3) is 0.158. The summed E-state index contributed by atoms with van der Waals surface area (Å²) in [6.45, 7) is 4.10. The minimum absolute atomic E-state index is 0.326. The van der Waals surface area contributed by atoms with Crippen LogP contribution in [0.1, 0.15) is 20.8 Å². The van der Waals surface area contributed by atoms with Gasteiger partial charge in [0.15, 0.2) is 4.80 Å². The van der Waals surface area contributed by atoms with Gasteiger partial charge >= 0.3 is 0 Å². The van der Waals surface area contributed by atoms with Crippen molar-refractivity contribution in [1.29, 1.82) is 0 Å². The lowest BCUT2D eigenvalue weighted by atomic mass is 10.1. The summed E-state index contributed by atoms with van der Waals surface area (Å²) in [6.07, 6.45) is 0. The van der Waals surface area contributed by atoms with E-state index < -0.39 is 0 Å². The molecule has 0 aliphatic heterocycles. The smallest absolute Gasteiger partial charge is 0.281 e. The Balaban J connectivity index is 2.07. The van der Waals surface area contributed by atoms with Gasteiger partial charge in [-0.05, 0) is 31.5 Å². The molecule has 0 radical (unpaired) electrons. The number of nitrogens with zero attached hydrogens (tertiary/aromatic N) is 2. The number of aromatic nitrogens is 1. The second-order valence-electron chi connectivity index (χ2n) is 5.61. The third-order valence-electron chi connectivity index (χ3n) is 3.83. The van der Waals surface area contributed by atoms with Crippen LogP contribution < -0.4 is 4.80 Å². The highest BCUT2D eigenvalue weighted by atomic mass is 35.5. The SMILES string of the molecule is Cc1ccc(-c2c(C)sc(=NC(=O)c3ccccc3Cl)n2C)cc1. The minimum atomic E-state index is -0.326. The first-order valence-corrected chi connectivity index (χ1v) is 8.74. The molecule has 1 heterocycles. The first-order valence-electron chi connectivity index (χ1n) is 7.54. The zero-order valence-corrected chi connectivity index (χ0v) is 15.3. The van der Waals surface area contributed by atoms with Gasteiger partial charge in [0.25, 0.3) is 5.91 Å². The van der Waals surface area contributed by atoms with E-state index in [-0.39, 0.29) is 5.91 Å². The second-order valence-corrected chi connectivity index (χ2v) is 7.20. The molecular weight excluding hydrogens is 340 g/mol. The van der Waals surface area contributed by atoms with E-state index in [0.29, 0.717) is 15.4 Å². The molecule has 0 unspecified atom stereocenters. The number of thiazole rings is 1. The molecule has 122 valence electrons. The predicted molar refractivity (Wildman–Crippen MR) is 99.5 cm³/mol. The van der Waals surface area contributed by atoms with Gasteiger partial charge in [-0.3, -0.25) is 4.79 Å². The maximum Gasteiger partial charge on any atom is 0.281 e. The Hall–Kier alpha value is -2.17. The van der Waals surface area contributed by atoms with Crippen LogP contribution in [0.4, 0.5) is 0 Å². The molecular formula is C19H17ClN2OS. The number of benzene rings is 2. The summed E-state index contributed by atoms with van der Waals surface area (Å²) in [5, 5.41) is 0.418. The molecule has 0 fully saturated rings. The average Bonchev–Trinajstić information content (AvgIpc) is 2.83. The molecule has 0 spiro atoms. The third kappa shape index (κ3) is 3.21. The summed E-state index contributed by atoms with van der Waals surface area (Å²) >= 11 is 7.59. The van der Waals surface area contributed by atoms with E-state index in [1.807, 2.05) is 18.5 Å². The molecule has 2 aromatic carbocycles. The average molecular weight is 357 g/mol. The van der Waals surface area contributed by atoms with Gasteiger partial charge in [-0.15, -0.1) is 11.3 Å². The summed E-state index contributed by atoms with van der Waals surface area (Å²) in [7, 11) is 1.93. The highest BCUT2D eigenvalue weighted by molar-refractivity contribution is 7.09. The van der Waals surface area contributed by atoms with Crippen molar-refractivity contribution in [1.82, 2.24) is 4.57 Å². The van der Waals surface area contributed by atoms with E-state index in [2.05, 4.69) is 36.2 Å². The maximum atomic E-state index is 12.4. The molecule has 3 aromatic rings. The molecule has 0 saturated heterocycles. The second kappa shape index (κ2) is 6.75. The molecule has 0 aliphatic rings. The largest absolute Gasteiger partial charge is 0.319 e. The number of hydrogen-bond acceptors (Lipinski definition) is 2. The van der Waals surface area contributed by atoms with E-state index in [9.17, 15) is 4.79 Å². The first-order chi connectivity index (χ1) is 11.5. The van der Waals surface area contributed by atoms with Crippen LogP contribution >= 0.6 is 22.9 Å². The van der Waals surface area contributed by atoms with Crippen LogP contribution in [-0.2, 0) is 7.05 Å².